The summed E-state index contributed by atoms with van der Waals surface area (Å²) in [4.78, 5) is 12.4. The van der Waals surface area contributed by atoms with Crippen LogP contribution in [0.4, 0.5) is 13.2 Å². The van der Waals surface area contributed by atoms with Crippen molar-refractivity contribution in [1.29, 1.82) is 0 Å². The fourth-order valence-electron chi connectivity index (χ4n) is 3.75. The van der Waals surface area contributed by atoms with E-state index in [0.29, 0.717) is 17.1 Å². The van der Waals surface area contributed by atoms with E-state index in [-0.39, 0.29) is 13.2 Å². The van der Waals surface area contributed by atoms with Gasteiger partial charge in [-0.1, -0.05) is 42.5 Å². The summed E-state index contributed by atoms with van der Waals surface area (Å²) in [6, 6.07) is 22.1. The zero-order valence-corrected chi connectivity index (χ0v) is 21.1. The summed E-state index contributed by atoms with van der Waals surface area (Å²) in [6.45, 7) is 3.71. The van der Waals surface area contributed by atoms with E-state index in [4.69, 9.17) is 14.2 Å². The van der Waals surface area contributed by atoms with Crippen molar-refractivity contribution in [2.45, 2.75) is 26.1 Å². The molecule has 4 nitrogen and oxygen atoms in total. The second-order valence-electron chi connectivity index (χ2n) is 8.25. The van der Waals surface area contributed by atoms with Gasteiger partial charge >= 0.3 is 12.1 Å². The number of rotatable bonds is 9. The Bertz CT molecular complexity index is 1330. The van der Waals surface area contributed by atoms with Gasteiger partial charge in [0.05, 0.1) is 12.2 Å². The second kappa shape index (κ2) is 11.5. The summed E-state index contributed by atoms with van der Waals surface area (Å²) in [6.07, 6.45) is -4.81. The topological polar surface area (TPSA) is 44.8 Å². The van der Waals surface area contributed by atoms with Gasteiger partial charge in [-0.15, -0.1) is 11.3 Å². The first-order chi connectivity index (χ1) is 17.7. The first-order valence-electron chi connectivity index (χ1n) is 11.6. The smallest absolute Gasteiger partial charge is 0.416 e. The highest BCUT2D eigenvalue weighted by Gasteiger charge is 2.30. The van der Waals surface area contributed by atoms with Gasteiger partial charge in [0, 0.05) is 10.4 Å². The van der Waals surface area contributed by atoms with Crippen LogP contribution in [0.2, 0.25) is 0 Å². The van der Waals surface area contributed by atoms with E-state index in [0.717, 1.165) is 33.7 Å². The predicted molar refractivity (Wildman–Crippen MR) is 137 cm³/mol. The molecule has 1 atom stereocenters. The molecule has 8 heteroatoms. The first-order valence-corrected chi connectivity index (χ1v) is 12.5. The van der Waals surface area contributed by atoms with Crippen molar-refractivity contribution in [2.75, 3.05) is 13.2 Å². The van der Waals surface area contributed by atoms with Crippen LogP contribution < -0.4 is 9.47 Å². The molecule has 0 amide bonds. The van der Waals surface area contributed by atoms with Crippen molar-refractivity contribution < 1.29 is 32.2 Å². The lowest BCUT2D eigenvalue weighted by Crippen LogP contribution is -2.15. The molecule has 0 fully saturated rings. The predicted octanol–water partition coefficient (Wildman–Crippen LogP) is 7.85. The molecule has 0 bridgehead atoms. The van der Waals surface area contributed by atoms with E-state index in [2.05, 4.69) is 0 Å². The standard InChI is InChI=1S/C29H25F3O4S/c1-3-34-27(33)17-35-25-14-13-24(15-19(25)2)36-28(21-7-5-4-6-8-21)22-16-26(37-18-22)20-9-11-23(12-10-20)29(30,31)32/h4-16,18,28H,3,17H2,1-2H3. The Morgan fingerprint density at radius 2 is 1.68 bits per heavy atom. The zero-order valence-electron chi connectivity index (χ0n) is 20.2. The van der Waals surface area contributed by atoms with E-state index in [1.807, 2.05) is 54.8 Å². The molecule has 1 unspecified atom stereocenters. The second-order valence-corrected chi connectivity index (χ2v) is 9.16. The lowest BCUT2D eigenvalue weighted by molar-refractivity contribution is -0.145. The molecule has 192 valence electrons. The molecule has 0 saturated heterocycles. The minimum absolute atomic E-state index is 0.177. The van der Waals surface area contributed by atoms with Gasteiger partial charge in [-0.25, -0.2) is 4.79 Å². The molecule has 0 spiro atoms. The normalized spacial score (nSPS) is 12.1. The van der Waals surface area contributed by atoms with Gasteiger partial charge in [-0.3, -0.25) is 0 Å². The van der Waals surface area contributed by atoms with E-state index in [1.165, 1.54) is 23.5 Å². The van der Waals surface area contributed by atoms with Crippen LogP contribution >= 0.6 is 11.3 Å². The minimum atomic E-state index is -4.37. The van der Waals surface area contributed by atoms with Crippen molar-refractivity contribution in [3.05, 3.63) is 106 Å². The number of ether oxygens (including phenoxy) is 3. The summed E-state index contributed by atoms with van der Waals surface area (Å²) in [7, 11) is 0. The van der Waals surface area contributed by atoms with Gasteiger partial charge in [-0.05, 0) is 72.3 Å². The molecule has 3 aromatic carbocycles. The maximum atomic E-state index is 12.9. The summed E-state index contributed by atoms with van der Waals surface area (Å²) >= 11 is 1.44. The highest BCUT2D eigenvalue weighted by molar-refractivity contribution is 7.13. The Labute approximate surface area is 217 Å². The molecule has 0 saturated carbocycles. The van der Waals surface area contributed by atoms with Gasteiger partial charge < -0.3 is 14.2 Å². The van der Waals surface area contributed by atoms with E-state index in [1.54, 1.807) is 19.1 Å². The molecule has 0 N–H and O–H groups in total. The third-order valence-corrected chi connectivity index (χ3v) is 6.57. The first kappa shape index (κ1) is 26.3. The largest absolute Gasteiger partial charge is 0.482 e. The average Bonchev–Trinajstić information content (AvgIpc) is 3.37. The van der Waals surface area contributed by atoms with Crippen molar-refractivity contribution in [3.63, 3.8) is 0 Å². The summed E-state index contributed by atoms with van der Waals surface area (Å²) in [5.41, 5.74) is 2.63. The van der Waals surface area contributed by atoms with Crippen molar-refractivity contribution in [3.8, 4) is 21.9 Å². The Balaban J connectivity index is 1.57. The zero-order chi connectivity index (χ0) is 26.4. The highest BCUT2D eigenvalue weighted by Crippen LogP contribution is 2.37. The molecular formula is C29H25F3O4S. The number of esters is 1. The Kier molecular flexibility index (Phi) is 8.18. The van der Waals surface area contributed by atoms with Gasteiger partial charge in [0.15, 0.2) is 6.61 Å². The van der Waals surface area contributed by atoms with E-state index in [9.17, 15) is 18.0 Å². The van der Waals surface area contributed by atoms with Crippen molar-refractivity contribution in [1.82, 2.24) is 0 Å². The third-order valence-electron chi connectivity index (χ3n) is 5.57. The molecule has 0 aliphatic rings. The maximum Gasteiger partial charge on any atom is 0.416 e. The number of halogens is 3. The van der Waals surface area contributed by atoms with Gasteiger partial charge in [-0.2, -0.15) is 13.2 Å². The van der Waals surface area contributed by atoms with Crippen molar-refractivity contribution >= 4 is 17.3 Å². The number of carbonyl (C=O) groups excluding carboxylic acids is 1. The van der Waals surface area contributed by atoms with Crippen molar-refractivity contribution in [2.24, 2.45) is 0 Å². The molecule has 37 heavy (non-hydrogen) atoms. The number of aryl methyl sites for hydroxylation is 1. The number of hydrogen-bond donors (Lipinski definition) is 0. The molecule has 0 radical (unpaired) electrons. The van der Waals surface area contributed by atoms with Crippen LogP contribution in [0.5, 0.6) is 11.5 Å². The molecule has 0 aliphatic heterocycles. The average molecular weight is 527 g/mol. The van der Waals surface area contributed by atoms with Crippen LogP contribution in [-0.4, -0.2) is 19.2 Å². The van der Waals surface area contributed by atoms with Crippen LogP contribution in [-0.2, 0) is 15.7 Å². The van der Waals surface area contributed by atoms with Gasteiger partial charge in [0.1, 0.15) is 17.6 Å². The molecule has 4 aromatic rings. The Morgan fingerprint density at radius 1 is 0.946 bits per heavy atom. The van der Waals surface area contributed by atoms with Gasteiger partial charge in [0.2, 0.25) is 0 Å². The quantitative estimate of drug-likeness (QED) is 0.208. The Morgan fingerprint density at radius 3 is 2.32 bits per heavy atom. The molecule has 1 aromatic heterocycles. The van der Waals surface area contributed by atoms with Crippen LogP contribution in [0.3, 0.4) is 0 Å². The highest BCUT2D eigenvalue weighted by atomic mass is 32.1. The maximum absolute atomic E-state index is 12.9. The molecule has 1 heterocycles. The van der Waals surface area contributed by atoms with Crippen LogP contribution in [0.1, 0.15) is 35.3 Å². The number of benzene rings is 3. The summed E-state index contributed by atoms with van der Waals surface area (Å²) < 4.78 is 55.7. The number of hydrogen-bond acceptors (Lipinski definition) is 5. The lowest BCUT2D eigenvalue weighted by Gasteiger charge is -2.20. The number of thiophene rings is 1. The fraction of sp³-hybridized carbons (Fsp3) is 0.207. The van der Waals surface area contributed by atoms with E-state index >= 15 is 0 Å². The van der Waals surface area contributed by atoms with Crippen LogP contribution in [0, 0.1) is 6.92 Å². The summed E-state index contributed by atoms with van der Waals surface area (Å²) in [5, 5.41) is 1.95. The molecule has 0 aliphatic carbocycles. The van der Waals surface area contributed by atoms with Crippen LogP contribution in [0.25, 0.3) is 10.4 Å². The molecule has 4 rings (SSSR count). The third kappa shape index (κ3) is 6.71. The number of carbonyl (C=O) groups is 1. The fourth-order valence-corrected chi connectivity index (χ4v) is 4.68. The van der Waals surface area contributed by atoms with Gasteiger partial charge in [0.25, 0.3) is 0 Å². The molecular weight excluding hydrogens is 501 g/mol. The SMILES string of the molecule is CCOC(=O)COc1ccc(OC(c2ccccc2)c2csc(-c3ccc(C(F)(F)F)cc3)c2)cc1C. The van der Waals surface area contributed by atoms with Crippen LogP contribution in [0.15, 0.2) is 84.2 Å². The van der Waals surface area contributed by atoms with E-state index < -0.39 is 23.8 Å². The lowest BCUT2D eigenvalue weighted by atomic mass is 10.0. The Hall–Kier alpha value is -3.78. The number of alkyl halides is 3. The monoisotopic (exact) mass is 526 g/mol. The summed E-state index contributed by atoms with van der Waals surface area (Å²) in [5.74, 6) is 0.724. The minimum Gasteiger partial charge on any atom is -0.482 e.